The van der Waals surface area contributed by atoms with Crippen molar-refractivity contribution in [1.82, 2.24) is 9.82 Å². The third-order valence-corrected chi connectivity index (χ3v) is 6.09. The van der Waals surface area contributed by atoms with Crippen LogP contribution in [0.4, 0.5) is 0 Å². The summed E-state index contributed by atoms with van der Waals surface area (Å²) in [7, 11) is -3.69. The number of aryl methyl sites for hydroxylation is 2. The number of nitrogens with one attached hydrogen (secondary N) is 2. The van der Waals surface area contributed by atoms with E-state index in [-0.39, 0.29) is 4.90 Å². The first-order valence-electron chi connectivity index (χ1n) is 8.39. The number of aromatic amines is 1. The van der Waals surface area contributed by atoms with E-state index in [9.17, 15) is 8.42 Å². The van der Waals surface area contributed by atoms with Crippen LogP contribution in [0, 0.1) is 6.92 Å². The fraction of sp³-hybridized carbons (Fsp3) is 0.211. The number of hydrazone groups is 1. The van der Waals surface area contributed by atoms with Gasteiger partial charge in [0.15, 0.2) is 0 Å². The summed E-state index contributed by atoms with van der Waals surface area (Å²) in [5, 5.41) is 5.98. The number of H-pyrrole nitrogens is 1. The van der Waals surface area contributed by atoms with Gasteiger partial charge in [0.1, 0.15) is 0 Å². The molecule has 0 fully saturated rings. The Morgan fingerprint density at radius 2 is 1.88 bits per heavy atom. The lowest BCUT2D eigenvalue weighted by molar-refractivity contribution is 0.584. The van der Waals surface area contributed by atoms with Gasteiger partial charge < -0.3 is 4.98 Å². The van der Waals surface area contributed by atoms with Crippen molar-refractivity contribution >= 4 is 38.2 Å². The van der Waals surface area contributed by atoms with E-state index in [0.717, 1.165) is 40.6 Å². The number of benzene rings is 2. The first-order valence-corrected chi connectivity index (χ1v) is 10.3. The highest BCUT2D eigenvalue weighted by molar-refractivity contribution is 7.89. The summed E-state index contributed by atoms with van der Waals surface area (Å²) in [4.78, 5) is 5.93. The van der Waals surface area contributed by atoms with Crippen molar-refractivity contribution in [2.45, 2.75) is 31.1 Å². The first kappa shape index (κ1) is 17.1. The molecule has 0 unspecified atom stereocenters. The maximum atomic E-state index is 12.5. The van der Waals surface area contributed by atoms with Crippen molar-refractivity contribution < 1.29 is 8.42 Å². The van der Waals surface area contributed by atoms with Gasteiger partial charge in [-0.05, 0) is 62.1 Å². The minimum Gasteiger partial charge on any atom is -0.353 e. The van der Waals surface area contributed by atoms with Crippen LogP contribution in [0.25, 0.3) is 10.9 Å². The molecule has 0 amide bonds. The van der Waals surface area contributed by atoms with Crippen LogP contribution in [0.2, 0.25) is 5.02 Å². The number of halogens is 1. The van der Waals surface area contributed by atoms with Gasteiger partial charge in [0.05, 0.1) is 16.3 Å². The molecule has 7 heteroatoms. The molecule has 0 bridgehead atoms. The third-order valence-electron chi connectivity index (χ3n) is 4.63. The summed E-state index contributed by atoms with van der Waals surface area (Å²) in [5.41, 5.74) is 4.73. The Bertz CT molecular complexity index is 1120. The van der Waals surface area contributed by atoms with Gasteiger partial charge in [0, 0.05) is 15.9 Å². The Morgan fingerprint density at radius 1 is 1.12 bits per heavy atom. The van der Waals surface area contributed by atoms with Crippen LogP contribution < -0.4 is 4.83 Å². The lowest BCUT2D eigenvalue weighted by Gasteiger charge is -2.14. The molecule has 0 saturated heterocycles. The molecule has 1 aliphatic rings. The summed E-state index contributed by atoms with van der Waals surface area (Å²) in [6.07, 6.45) is 2.54. The second-order valence-corrected chi connectivity index (χ2v) is 8.59. The van der Waals surface area contributed by atoms with Gasteiger partial charge in [-0.2, -0.15) is 18.4 Å². The SMILES string of the molecule is Cc1ccc(S(=O)(=O)N/N=C2/CCCc3c2[nH]c2ccc(Cl)cc32)cc1. The molecule has 0 atom stereocenters. The summed E-state index contributed by atoms with van der Waals surface area (Å²) in [6.45, 7) is 1.91. The number of aromatic nitrogens is 1. The average molecular weight is 388 g/mol. The van der Waals surface area contributed by atoms with Gasteiger partial charge in [0.25, 0.3) is 10.0 Å². The lowest BCUT2D eigenvalue weighted by atomic mass is 9.94. The van der Waals surface area contributed by atoms with E-state index in [2.05, 4.69) is 14.9 Å². The highest BCUT2D eigenvalue weighted by Gasteiger charge is 2.22. The molecule has 3 aromatic rings. The number of hydrogen-bond donors (Lipinski definition) is 2. The van der Waals surface area contributed by atoms with E-state index in [4.69, 9.17) is 11.6 Å². The molecule has 2 N–H and O–H groups in total. The minimum atomic E-state index is -3.69. The van der Waals surface area contributed by atoms with Crippen LogP contribution in [0.15, 0.2) is 52.5 Å². The molecule has 1 aliphatic carbocycles. The van der Waals surface area contributed by atoms with Gasteiger partial charge in [0.2, 0.25) is 0 Å². The normalized spacial score (nSPS) is 16.0. The fourth-order valence-electron chi connectivity index (χ4n) is 3.28. The van der Waals surface area contributed by atoms with Crippen molar-refractivity contribution in [3.63, 3.8) is 0 Å². The van der Waals surface area contributed by atoms with Gasteiger partial charge >= 0.3 is 0 Å². The molecule has 1 heterocycles. The summed E-state index contributed by atoms with van der Waals surface area (Å²) >= 11 is 6.12. The van der Waals surface area contributed by atoms with Gasteiger partial charge in [-0.1, -0.05) is 29.3 Å². The maximum absolute atomic E-state index is 12.5. The summed E-state index contributed by atoms with van der Waals surface area (Å²) in [5.74, 6) is 0. The van der Waals surface area contributed by atoms with Gasteiger partial charge in [-0.3, -0.25) is 0 Å². The Labute approximate surface area is 157 Å². The zero-order valence-electron chi connectivity index (χ0n) is 14.2. The third kappa shape index (κ3) is 3.10. The highest BCUT2D eigenvalue weighted by atomic mass is 35.5. The Kier molecular flexibility index (Phi) is 4.25. The molecular formula is C19H18ClN3O2S. The number of nitrogens with zero attached hydrogens (tertiary/aromatic N) is 1. The van der Waals surface area contributed by atoms with Crippen molar-refractivity contribution in [3.05, 3.63) is 64.3 Å². The van der Waals surface area contributed by atoms with E-state index >= 15 is 0 Å². The molecule has 0 aliphatic heterocycles. The van der Waals surface area contributed by atoms with Crippen LogP contribution in [-0.2, 0) is 16.4 Å². The van der Waals surface area contributed by atoms with Crippen LogP contribution in [-0.4, -0.2) is 19.1 Å². The van der Waals surface area contributed by atoms with Gasteiger partial charge in [-0.15, -0.1) is 0 Å². The molecule has 2 aromatic carbocycles. The second kappa shape index (κ2) is 6.45. The Hall–Kier alpha value is -2.31. The molecule has 0 saturated carbocycles. The molecule has 1 aromatic heterocycles. The number of hydrogen-bond acceptors (Lipinski definition) is 3. The standard InChI is InChI=1S/C19H18ClN3O2S/c1-12-5-8-14(9-6-12)26(24,25)23-22-18-4-2-3-15-16-11-13(20)7-10-17(16)21-19(15)18/h5-11,21,23H,2-4H2,1H3/b22-18-. The van der Waals surface area contributed by atoms with Crippen molar-refractivity contribution in [2.75, 3.05) is 0 Å². The van der Waals surface area contributed by atoms with Crippen LogP contribution in [0.5, 0.6) is 0 Å². The molecule has 5 nitrogen and oxygen atoms in total. The lowest BCUT2D eigenvalue weighted by Crippen LogP contribution is -2.22. The van der Waals surface area contributed by atoms with Crippen LogP contribution in [0.3, 0.4) is 0 Å². The predicted molar refractivity (Wildman–Crippen MR) is 104 cm³/mol. The second-order valence-electron chi connectivity index (χ2n) is 6.49. The molecule has 0 radical (unpaired) electrons. The van der Waals surface area contributed by atoms with E-state index in [1.165, 1.54) is 0 Å². The zero-order valence-corrected chi connectivity index (χ0v) is 15.8. The smallest absolute Gasteiger partial charge is 0.276 e. The van der Waals surface area contributed by atoms with Crippen molar-refractivity contribution in [3.8, 4) is 0 Å². The number of fused-ring (bicyclic) bond motifs is 3. The Balaban J connectivity index is 1.69. The number of sulfonamides is 1. The van der Waals surface area contributed by atoms with Gasteiger partial charge in [-0.25, -0.2) is 0 Å². The highest BCUT2D eigenvalue weighted by Crippen LogP contribution is 2.31. The van der Waals surface area contributed by atoms with Crippen molar-refractivity contribution in [1.29, 1.82) is 0 Å². The number of rotatable bonds is 3. The predicted octanol–water partition coefficient (Wildman–Crippen LogP) is 4.15. The zero-order chi connectivity index (χ0) is 18.3. The van der Waals surface area contributed by atoms with Crippen LogP contribution in [0.1, 0.15) is 29.7 Å². The van der Waals surface area contributed by atoms with E-state index < -0.39 is 10.0 Å². The summed E-state index contributed by atoms with van der Waals surface area (Å²) < 4.78 is 24.9. The molecule has 0 spiro atoms. The summed E-state index contributed by atoms with van der Waals surface area (Å²) in [6, 6.07) is 12.4. The first-order chi connectivity index (χ1) is 12.4. The fourth-order valence-corrected chi connectivity index (χ4v) is 4.28. The topological polar surface area (TPSA) is 74.3 Å². The van der Waals surface area contributed by atoms with Crippen molar-refractivity contribution in [2.24, 2.45) is 5.10 Å². The van der Waals surface area contributed by atoms with Crippen LogP contribution >= 0.6 is 11.6 Å². The molecule has 26 heavy (non-hydrogen) atoms. The molecule has 134 valence electrons. The minimum absolute atomic E-state index is 0.201. The van der Waals surface area contributed by atoms with E-state index in [1.807, 2.05) is 25.1 Å². The van der Waals surface area contributed by atoms with E-state index in [1.54, 1.807) is 24.3 Å². The molecule has 4 rings (SSSR count). The van der Waals surface area contributed by atoms with E-state index in [0.29, 0.717) is 17.2 Å². The monoisotopic (exact) mass is 387 g/mol. The largest absolute Gasteiger partial charge is 0.353 e. The molecular weight excluding hydrogens is 370 g/mol. The average Bonchev–Trinajstić information content (AvgIpc) is 2.99. The maximum Gasteiger partial charge on any atom is 0.276 e. The Morgan fingerprint density at radius 3 is 2.65 bits per heavy atom. The quantitative estimate of drug-likeness (QED) is 0.662.